The molecule has 0 N–H and O–H groups in total. The molecule has 0 aliphatic carbocycles. The van der Waals surface area contributed by atoms with Crippen molar-refractivity contribution in [2.24, 2.45) is 9.98 Å². The summed E-state index contributed by atoms with van der Waals surface area (Å²) in [5, 5.41) is 5.11. The van der Waals surface area contributed by atoms with Crippen LogP contribution < -0.4 is 10.4 Å². The number of furan rings is 1. The van der Waals surface area contributed by atoms with E-state index < -0.39 is 8.07 Å². The molecule has 0 amide bonds. The number of hydrogen-bond acceptors (Lipinski definition) is 3. The molecular formula is C49H36N2OSi. The van der Waals surface area contributed by atoms with E-state index in [0.717, 1.165) is 61.0 Å². The number of benzene rings is 7. The van der Waals surface area contributed by atoms with Crippen LogP contribution in [0.15, 0.2) is 190 Å². The summed E-state index contributed by atoms with van der Waals surface area (Å²) in [4.78, 5) is 10.9. The molecule has 0 saturated heterocycles. The van der Waals surface area contributed by atoms with E-state index in [2.05, 4.69) is 159 Å². The molecule has 2 aliphatic rings. The Labute approximate surface area is 310 Å². The molecule has 0 radical (unpaired) electrons. The maximum absolute atomic E-state index is 6.54. The van der Waals surface area contributed by atoms with Gasteiger partial charge in [0, 0.05) is 27.5 Å². The lowest BCUT2D eigenvalue weighted by Gasteiger charge is -2.27. The van der Waals surface area contributed by atoms with Gasteiger partial charge in [-0.25, -0.2) is 4.99 Å². The summed E-state index contributed by atoms with van der Waals surface area (Å²) in [6, 6.07) is 57.8. The van der Waals surface area contributed by atoms with Crippen molar-refractivity contribution in [2.75, 3.05) is 0 Å². The van der Waals surface area contributed by atoms with E-state index in [4.69, 9.17) is 21.0 Å². The van der Waals surface area contributed by atoms with Crippen LogP contribution in [0.1, 0.15) is 22.7 Å². The molecule has 0 fully saturated rings. The summed E-state index contributed by atoms with van der Waals surface area (Å²) < 4.78 is 6.54. The number of fused-ring (bicyclic) bond motifs is 6. The Morgan fingerprint density at radius 1 is 0.547 bits per heavy atom. The summed E-state index contributed by atoms with van der Waals surface area (Å²) in [5.41, 5.74) is 13.9. The second-order valence-corrected chi connectivity index (χ2v) is 18.9. The summed E-state index contributed by atoms with van der Waals surface area (Å²) in [6.45, 7) is 9.68. The van der Waals surface area contributed by atoms with Crippen molar-refractivity contribution in [1.29, 1.82) is 0 Å². The predicted octanol–water partition coefficient (Wildman–Crippen LogP) is 11.3. The van der Waals surface area contributed by atoms with E-state index in [9.17, 15) is 0 Å². The normalized spacial score (nSPS) is 16.0. The van der Waals surface area contributed by atoms with Gasteiger partial charge in [0.2, 0.25) is 0 Å². The van der Waals surface area contributed by atoms with Crippen molar-refractivity contribution in [3.63, 3.8) is 0 Å². The lowest BCUT2D eigenvalue weighted by Crippen LogP contribution is -2.49. The van der Waals surface area contributed by atoms with Gasteiger partial charge in [-0.1, -0.05) is 159 Å². The van der Waals surface area contributed by atoms with Crippen molar-refractivity contribution >= 4 is 51.9 Å². The molecule has 53 heavy (non-hydrogen) atoms. The lowest BCUT2D eigenvalue weighted by molar-refractivity contribution is 0.669. The first kappa shape index (κ1) is 31.4. The smallest absolute Gasteiger partial charge is 0.156 e. The number of rotatable bonds is 5. The molecule has 0 saturated carbocycles. The molecular weight excluding hydrogens is 661 g/mol. The molecule has 0 spiro atoms. The quantitative estimate of drug-likeness (QED) is 0.165. The third-order valence-electron chi connectivity index (χ3n) is 11.1. The zero-order valence-electron chi connectivity index (χ0n) is 29.7. The zero-order valence-corrected chi connectivity index (χ0v) is 30.7. The molecule has 2 aliphatic heterocycles. The van der Waals surface area contributed by atoms with E-state index >= 15 is 0 Å². The second-order valence-electron chi connectivity index (χ2n) is 14.6. The monoisotopic (exact) mass is 696 g/mol. The second kappa shape index (κ2) is 12.1. The third kappa shape index (κ3) is 5.01. The van der Waals surface area contributed by atoms with Crippen molar-refractivity contribution < 1.29 is 4.42 Å². The molecule has 3 heterocycles. The van der Waals surface area contributed by atoms with Gasteiger partial charge in [-0.05, 0) is 73.6 Å². The van der Waals surface area contributed by atoms with Crippen LogP contribution in [0.3, 0.4) is 0 Å². The summed E-state index contributed by atoms with van der Waals surface area (Å²) in [6.07, 6.45) is 0. The van der Waals surface area contributed by atoms with Crippen LogP contribution in [-0.2, 0) is 0 Å². The fourth-order valence-electron chi connectivity index (χ4n) is 8.47. The fourth-order valence-corrected chi connectivity index (χ4v) is 11.6. The minimum absolute atomic E-state index is 0.342. The molecule has 7 aromatic carbocycles. The number of hydrogen-bond donors (Lipinski definition) is 0. The highest BCUT2D eigenvalue weighted by Gasteiger charge is 2.40. The number of para-hydroxylation sites is 1. The van der Waals surface area contributed by atoms with Crippen molar-refractivity contribution in [3.8, 4) is 33.4 Å². The first-order chi connectivity index (χ1) is 26.0. The Hall–Kier alpha value is -6.36. The summed E-state index contributed by atoms with van der Waals surface area (Å²) in [5.74, 6) is 0.669. The molecule has 3 nitrogen and oxygen atoms in total. The van der Waals surface area contributed by atoms with E-state index in [-0.39, 0.29) is 6.04 Å². The molecule has 8 aromatic rings. The SMILES string of the molecule is C=C1C(c2ccccc2)=NC(c2cc(-c3ccccc3)c3c(c2)oc2ccccc23)=NC1c1cc(-c2ccccc2)c2c(c1)[Si](C)(C)c1ccccc1-2. The van der Waals surface area contributed by atoms with Gasteiger partial charge in [-0.2, -0.15) is 0 Å². The topological polar surface area (TPSA) is 37.9 Å². The fraction of sp³-hybridized carbons (Fsp3) is 0.0612. The van der Waals surface area contributed by atoms with E-state index in [1.165, 1.54) is 32.6 Å². The van der Waals surface area contributed by atoms with Gasteiger partial charge in [0.05, 0.1) is 5.71 Å². The van der Waals surface area contributed by atoms with Crippen LogP contribution in [0.4, 0.5) is 0 Å². The van der Waals surface area contributed by atoms with E-state index in [1.807, 2.05) is 18.2 Å². The Morgan fingerprint density at radius 2 is 1.17 bits per heavy atom. The highest BCUT2D eigenvalue weighted by molar-refractivity contribution is 7.04. The van der Waals surface area contributed by atoms with Gasteiger partial charge in [0.15, 0.2) is 5.84 Å². The zero-order chi connectivity index (χ0) is 35.7. The van der Waals surface area contributed by atoms with Crippen LogP contribution in [0.2, 0.25) is 13.1 Å². The van der Waals surface area contributed by atoms with Gasteiger partial charge in [-0.3, -0.25) is 4.99 Å². The van der Waals surface area contributed by atoms with Gasteiger partial charge in [0.25, 0.3) is 0 Å². The predicted molar refractivity (Wildman–Crippen MR) is 225 cm³/mol. The molecule has 1 unspecified atom stereocenters. The number of nitrogens with zero attached hydrogens (tertiary/aromatic N) is 2. The Bertz CT molecular complexity index is 2810. The molecule has 10 rings (SSSR count). The van der Waals surface area contributed by atoms with Crippen LogP contribution in [0.25, 0.3) is 55.3 Å². The van der Waals surface area contributed by atoms with Crippen LogP contribution in [0, 0.1) is 0 Å². The minimum atomic E-state index is -2.04. The van der Waals surface area contributed by atoms with Crippen molar-refractivity contribution in [2.45, 2.75) is 19.1 Å². The molecule has 1 atom stereocenters. The van der Waals surface area contributed by atoms with E-state index in [1.54, 1.807) is 0 Å². The maximum Gasteiger partial charge on any atom is 0.156 e. The van der Waals surface area contributed by atoms with Gasteiger partial charge in [0.1, 0.15) is 25.3 Å². The summed E-state index contributed by atoms with van der Waals surface area (Å²) >= 11 is 0. The Morgan fingerprint density at radius 3 is 1.91 bits per heavy atom. The third-order valence-corrected chi connectivity index (χ3v) is 14.6. The highest BCUT2D eigenvalue weighted by Crippen LogP contribution is 2.43. The number of aliphatic imine (C=N–C) groups is 2. The molecule has 1 aromatic heterocycles. The van der Waals surface area contributed by atoms with E-state index in [0.29, 0.717) is 5.84 Å². The first-order valence-corrected chi connectivity index (χ1v) is 21.2. The average molecular weight is 697 g/mol. The van der Waals surface area contributed by atoms with Crippen molar-refractivity contribution in [1.82, 2.24) is 0 Å². The van der Waals surface area contributed by atoms with Crippen LogP contribution in [-0.4, -0.2) is 19.6 Å². The van der Waals surface area contributed by atoms with Crippen LogP contribution >= 0.6 is 0 Å². The Kier molecular flexibility index (Phi) is 7.17. The standard InChI is InChI=1S/C49H36N2OSi/c1-31-47(34-21-11-6-12-22-34)50-49(36-28-39(32-17-7-4-8-18-32)45-37-23-13-15-25-41(37)52-42(45)29-36)51-48(31)35-27-40(33-19-9-5-10-20-33)46-38-24-14-16-26-43(38)53(2,3)44(46)30-35/h4-30,48H,1H2,2-3H3. The first-order valence-electron chi connectivity index (χ1n) is 18.2. The van der Waals surface area contributed by atoms with Gasteiger partial charge in [-0.15, -0.1) is 0 Å². The average Bonchev–Trinajstić information content (AvgIpc) is 3.70. The van der Waals surface area contributed by atoms with Gasteiger partial charge < -0.3 is 4.42 Å². The lowest BCUT2D eigenvalue weighted by atomic mass is 9.87. The molecule has 0 bridgehead atoms. The van der Waals surface area contributed by atoms with Gasteiger partial charge >= 0.3 is 0 Å². The highest BCUT2D eigenvalue weighted by atomic mass is 28.3. The maximum atomic E-state index is 6.54. The minimum Gasteiger partial charge on any atom is -0.456 e. The molecule has 4 heteroatoms. The van der Waals surface area contributed by atoms with Crippen LogP contribution in [0.5, 0.6) is 0 Å². The summed E-state index contributed by atoms with van der Waals surface area (Å²) in [7, 11) is -2.04. The molecule has 252 valence electrons. The largest absolute Gasteiger partial charge is 0.456 e. The Balaban J connectivity index is 1.23. The number of amidine groups is 1. The van der Waals surface area contributed by atoms with Crippen molar-refractivity contribution in [3.05, 3.63) is 193 Å².